The summed E-state index contributed by atoms with van der Waals surface area (Å²) < 4.78 is 20.9. The van der Waals surface area contributed by atoms with Crippen LogP contribution in [0.15, 0.2) is 60.7 Å². The summed E-state index contributed by atoms with van der Waals surface area (Å²) in [4.78, 5) is 0. The molecule has 0 aromatic heterocycles. The highest BCUT2D eigenvalue weighted by atomic mass is 16.5. The van der Waals surface area contributed by atoms with E-state index in [0.717, 1.165) is 34.9 Å². The van der Waals surface area contributed by atoms with Crippen LogP contribution in [0.5, 0.6) is 11.5 Å². The average Bonchev–Trinajstić information content (AvgIpc) is 2.82. The highest BCUT2D eigenvalue weighted by Crippen LogP contribution is 2.20. The Morgan fingerprint density at radius 3 is 2.00 bits per heavy atom. The highest BCUT2D eigenvalue weighted by molar-refractivity contribution is 5.65. The van der Waals surface area contributed by atoms with Gasteiger partial charge >= 0.3 is 0 Å². The first-order valence-corrected chi connectivity index (χ1v) is 10.2. The minimum Gasteiger partial charge on any atom is -0.497 e. The molecular weight excluding hydrogens is 392 g/mol. The van der Waals surface area contributed by atoms with Crippen LogP contribution < -0.4 is 20.1 Å². The van der Waals surface area contributed by atoms with Crippen LogP contribution >= 0.6 is 0 Å². The third kappa shape index (κ3) is 8.40. The molecule has 6 heteroatoms. The Morgan fingerprint density at radius 2 is 1.42 bits per heavy atom. The topological polar surface area (TPSA) is 61.0 Å². The molecule has 0 radical (unpaired) electrons. The van der Waals surface area contributed by atoms with Gasteiger partial charge in [0.15, 0.2) is 11.8 Å². The third-order valence-corrected chi connectivity index (χ3v) is 4.66. The zero-order chi connectivity index (χ0) is 22.3. The van der Waals surface area contributed by atoms with Gasteiger partial charge < -0.3 is 29.6 Å². The van der Waals surface area contributed by atoms with Gasteiger partial charge in [-0.15, -0.1) is 0 Å². The van der Waals surface area contributed by atoms with E-state index in [2.05, 4.69) is 16.7 Å². The zero-order valence-corrected chi connectivity index (χ0v) is 18.8. The van der Waals surface area contributed by atoms with Gasteiger partial charge in [-0.05, 0) is 42.0 Å². The monoisotopic (exact) mass is 425 g/mol. The lowest BCUT2D eigenvalue weighted by molar-refractivity contribution is 0.197. The standard InChI is InChI=1S/C25H33N2O4/c1-28-18-16-26-24(20-8-12-22(30-3)13-9-20)6-5-7-25(27-17-19-29-2)21-10-14-23(31-4)15-11-21/h6-15,24,26-27H,16-19H2,1-4H3/q+1/b25-7-. The van der Waals surface area contributed by atoms with Gasteiger partial charge in [0.25, 0.3) is 0 Å². The molecule has 2 aromatic carbocycles. The second-order valence-corrected chi connectivity index (χ2v) is 6.74. The molecule has 1 atom stereocenters. The highest BCUT2D eigenvalue weighted by Gasteiger charge is 2.12. The number of ether oxygens (including phenoxy) is 4. The lowest BCUT2D eigenvalue weighted by Gasteiger charge is -2.13. The maximum Gasteiger partial charge on any atom is 0.185 e. The van der Waals surface area contributed by atoms with E-state index in [1.54, 1.807) is 28.4 Å². The van der Waals surface area contributed by atoms with Crippen molar-refractivity contribution in [1.29, 1.82) is 0 Å². The molecule has 2 N–H and O–H groups in total. The number of benzene rings is 2. The van der Waals surface area contributed by atoms with E-state index < -0.39 is 0 Å². The Balaban J connectivity index is 2.21. The molecule has 0 amide bonds. The number of rotatable bonds is 14. The van der Waals surface area contributed by atoms with Crippen LogP contribution in [-0.4, -0.2) is 54.7 Å². The Hall–Kier alpha value is -2.89. The zero-order valence-electron chi connectivity index (χ0n) is 18.8. The maximum absolute atomic E-state index is 5.27. The number of methoxy groups -OCH3 is 4. The van der Waals surface area contributed by atoms with Gasteiger partial charge in [-0.2, -0.15) is 0 Å². The van der Waals surface area contributed by atoms with Crippen LogP contribution in [0.1, 0.15) is 17.2 Å². The third-order valence-electron chi connectivity index (χ3n) is 4.66. The van der Waals surface area contributed by atoms with Crippen LogP contribution in [0.25, 0.3) is 5.70 Å². The van der Waals surface area contributed by atoms with Gasteiger partial charge in [-0.3, -0.25) is 0 Å². The number of hydrogen-bond acceptors (Lipinski definition) is 6. The van der Waals surface area contributed by atoms with Crippen molar-refractivity contribution in [3.63, 3.8) is 0 Å². The summed E-state index contributed by atoms with van der Waals surface area (Å²) >= 11 is 0. The van der Waals surface area contributed by atoms with Crippen molar-refractivity contribution in [3.05, 3.63) is 77.9 Å². The molecule has 166 valence electrons. The summed E-state index contributed by atoms with van der Waals surface area (Å²) in [5, 5.41) is 6.90. The first-order chi connectivity index (χ1) is 15.2. The smallest absolute Gasteiger partial charge is 0.185 e. The SMILES string of the molecule is COCCN/C(=C\[C+]=CC(NCCOC)c1ccc(OC)cc1)c1ccc(OC)cc1. The van der Waals surface area contributed by atoms with Crippen molar-refractivity contribution >= 4 is 5.70 Å². The molecule has 0 saturated heterocycles. The van der Waals surface area contributed by atoms with Crippen molar-refractivity contribution in [3.8, 4) is 11.5 Å². The van der Waals surface area contributed by atoms with Crippen molar-refractivity contribution < 1.29 is 18.9 Å². The molecule has 0 bridgehead atoms. The van der Waals surface area contributed by atoms with Crippen molar-refractivity contribution in [2.75, 3.05) is 54.7 Å². The first kappa shape index (κ1) is 24.4. The molecular formula is C25H33N2O4+. The van der Waals surface area contributed by atoms with Crippen LogP contribution in [0.3, 0.4) is 0 Å². The molecule has 0 fully saturated rings. The molecule has 0 aliphatic carbocycles. The van der Waals surface area contributed by atoms with Crippen molar-refractivity contribution in [2.45, 2.75) is 6.04 Å². The summed E-state index contributed by atoms with van der Waals surface area (Å²) in [5.41, 5.74) is 3.13. The predicted octanol–water partition coefficient (Wildman–Crippen LogP) is 3.62. The van der Waals surface area contributed by atoms with Gasteiger partial charge in [0.1, 0.15) is 11.5 Å². The number of hydrogen-bond donors (Lipinski definition) is 2. The van der Waals surface area contributed by atoms with Gasteiger partial charge in [0.2, 0.25) is 0 Å². The van der Waals surface area contributed by atoms with Gasteiger partial charge in [0, 0.05) is 20.8 Å². The quantitative estimate of drug-likeness (QED) is 0.274. The predicted molar refractivity (Wildman–Crippen MR) is 124 cm³/mol. The van der Waals surface area contributed by atoms with Crippen molar-refractivity contribution in [1.82, 2.24) is 10.6 Å². The minimum atomic E-state index is -0.00611. The number of nitrogens with one attached hydrogen (secondary N) is 2. The fraction of sp³-hybridized carbons (Fsp3) is 0.360. The Labute approximate surface area is 185 Å². The van der Waals surface area contributed by atoms with Crippen LogP contribution in [0.4, 0.5) is 0 Å². The van der Waals surface area contributed by atoms with E-state index in [1.165, 1.54) is 0 Å². The largest absolute Gasteiger partial charge is 0.497 e. The van der Waals surface area contributed by atoms with Crippen molar-refractivity contribution in [2.24, 2.45) is 0 Å². The minimum absolute atomic E-state index is 0.00611. The number of allylic oxidation sites excluding steroid dienone is 2. The molecule has 0 heterocycles. The van der Waals surface area contributed by atoms with E-state index >= 15 is 0 Å². The van der Waals surface area contributed by atoms with Crippen LogP contribution in [0, 0.1) is 6.08 Å². The van der Waals surface area contributed by atoms with Gasteiger partial charge in [0.05, 0.1) is 57.7 Å². The summed E-state index contributed by atoms with van der Waals surface area (Å²) in [6, 6.07) is 15.9. The molecule has 0 saturated carbocycles. The first-order valence-electron chi connectivity index (χ1n) is 10.2. The summed E-state index contributed by atoms with van der Waals surface area (Å²) in [6.07, 6.45) is 7.30. The van der Waals surface area contributed by atoms with Crippen LogP contribution in [-0.2, 0) is 9.47 Å². The average molecular weight is 426 g/mol. The molecule has 2 aromatic rings. The Morgan fingerprint density at radius 1 is 0.839 bits per heavy atom. The Bertz CT molecular complexity index is 801. The lowest BCUT2D eigenvalue weighted by atomic mass is 10.1. The van der Waals surface area contributed by atoms with E-state index in [-0.39, 0.29) is 6.04 Å². The normalized spacial score (nSPS) is 12.5. The fourth-order valence-electron chi connectivity index (χ4n) is 2.92. The molecule has 1 unspecified atom stereocenters. The molecule has 6 nitrogen and oxygen atoms in total. The second-order valence-electron chi connectivity index (χ2n) is 6.74. The summed E-state index contributed by atoms with van der Waals surface area (Å²) in [6.45, 7) is 2.67. The van der Waals surface area contributed by atoms with E-state index in [4.69, 9.17) is 18.9 Å². The summed E-state index contributed by atoms with van der Waals surface area (Å²) in [5.74, 6) is 1.65. The van der Waals surface area contributed by atoms with E-state index in [0.29, 0.717) is 19.8 Å². The lowest BCUT2D eigenvalue weighted by Crippen LogP contribution is -2.23. The van der Waals surface area contributed by atoms with Gasteiger partial charge in [-0.25, -0.2) is 0 Å². The fourth-order valence-corrected chi connectivity index (χ4v) is 2.92. The van der Waals surface area contributed by atoms with E-state index in [9.17, 15) is 0 Å². The van der Waals surface area contributed by atoms with E-state index in [1.807, 2.05) is 60.7 Å². The molecule has 2 rings (SSSR count). The molecule has 0 spiro atoms. The maximum atomic E-state index is 5.27. The van der Waals surface area contributed by atoms with Crippen LogP contribution in [0.2, 0.25) is 0 Å². The van der Waals surface area contributed by atoms with Gasteiger partial charge in [-0.1, -0.05) is 12.1 Å². The second kappa shape index (κ2) is 14.2. The molecule has 0 aliphatic heterocycles. The summed E-state index contributed by atoms with van der Waals surface area (Å²) in [7, 11) is 6.71. The molecule has 0 aliphatic rings. The Kier molecular flexibility index (Phi) is 11.1. The molecule has 31 heavy (non-hydrogen) atoms.